The number of halogens is 1. The second-order valence-corrected chi connectivity index (χ2v) is 8.53. The SMILES string of the molecule is C[C@@H](N)COC(=O)Nc1ccc2ncnc(Nc3ccc(OCc4nccs4)c(Cl)c3)c2c1. The van der Waals surface area contributed by atoms with E-state index in [0.29, 0.717) is 39.8 Å². The molecule has 0 radical (unpaired) electrons. The van der Waals surface area contributed by atoms with Crippen molar-refractivity contribution in [3.8, 4) is 5.75 Å². The molecule has 0 aliphatic carbocycles. The molecule has 1 amide bonds. The highest BCUT2D eigenvalue weighted by molar-refractivity contribution is 7.09. The summed E-state index contributed by atoms with van der Waals surface area (Å²) >= 11 is 7.92. The van der Waals surface area contributed by atoms with Gasteiger partial charge in [-0.2, -0.15) is 0 Å². The van der Waals surface area contributed by atoms with Crippen LogP contribution < -0.4 is 21.1 Å². The molecule has 0 aliphatic heterocycles. The number of carbonyl (C=O) groups excluding carboxylic acids is 1. The molecule has 2 aromatic carbocycles. The summed E-state index contributed by atoms with van der Waals surface area (Å²) in [5, 5.41) is 9.85. The minimum atomic E-state index is -0.585. The van der Waals surface area contributed by atoms with Crippen LogP contribution in [0, 0.1) is 0 Å². The lowest BCUT2D eigenvalue weighted by Crippen LogP contribution is -2.26. The minimum Gasteiger partial charge on any atom is -0.485 e. The van der Waals surface area contributed by atoms with Gasteiger partial charge in [-0.15, -0.1) is 11.3 Å². The van der Waals surface area contributed by atoms with E-state index < -0.39 is 6.09 Å². The number of hydrogen-bond donors (Lipinski definition) is 3. The van der Waals surface area contributed by atoms with E-state index in [4.69, 9.17) is 26.8 Å². The molecular formula is C22H21ClN6O3S. The molecule has 11 heteroatoms. The molecule has 33 heavy (non-hydrogen) atoms. The number of ether oxygens (including phenoxy) is 2. The van der Waals surface area contributed by atoms with Gasteiger partial charge >= 0.3 is 6.09 Å². The van der Waals surface area contributed by atoms with Crippen LogP contribution >= 0.6 is 22.9 Å². The molecular weight excluding hydrogens is 464 g/mol. The van der Waals surface area contributed by atoms with E-state index in [1.54, 1.807) is 43.5 Å². The second-order valence-electron chi connectivity index (χ2n) is 7.14. The molecule has 2 aromatic heterocycles. The van der Waals surface area contributed by atoms with Crippen LogP contribution in [0.15, 0.2) is 54.3 Å². The van der Waals surface area contributed by atoms with Gasteiger partial charge in [-0.05, 0) is 43.3 Å². The number of thiazole rings is 1. The lowest BCUT2D eigenvalue weighted by Gasteiger charge is -2.12. The number of nitrogens with zero attached hydrogens (tertiary/aromatic N) is 3. The van der Waals surface area contributed by atoms with Gasteiger partial charge in [0.25, 0.3) is 0 Å². The van der Waals surface area contributed by atoms with Gasteiger partial charge < -0.3 is 20.5 Å². The monoisotopic (exact) mass is 484 g/mol. The van der Waals surface area contributed by atoms with Crippen molar-refractivity contribution in [3.63, 3.8) is 0 Å². The topological polar surface area (TPSA) is 124 Å². The first-order chi connectivity index (χ1) is 16.0. The Hall–Kier alpha value is -3.47. The molecule has 170 valence electrons. The Labute approximate surface area is 198 Å². The van der Waals surface area contributed by atoms with Crippen LogP contribution in [0.5, 0.6) is 5.75 Å². The van der Waals surface area contributed by atoms with Crippen molar-refractivity contribution in [2.24, 2.45) is 5.73 Å². The number of hydrogen-bond acceptors (Lipinski definition) is 9. The van der Waals surface area contributed by atoms with E-state index in [1.807, 2.05) is 11.4 Å². The van der Waals surface area contributed by atoms with Crippen molar-refractivity contribution < 1.29 is 14.3 Å². The van der Waals surface area contributed by atoms with Gasteiger partial charge in [0.15, 0.2) is 0 Å². The van der Waals surface area contributed by atoms with Crippen molar-refractivity contribution >= 4 is 57.1 Å². The van der Waals surface area contributed by atoms with Crippen molar-refractivity contribution in [1.29, 1.82) is 0 Å². The van der Waals surface area contributed by atoms with Gasteiger partial charge in [-0.1, -0.05) is 11.6 Å². The van der Waals surface area contributed by atoms with E-state index in [0.717, 1.165) is 10.7 Å². The van der Waals surface area contributed by atoms with Gasteiger partial charge in [0.1, 0.15) is 36.1 Å². The average Bonchev–Trinajstić information content (AvgIpc) is 3.31. The van der Waals surface area contributed by atoms with E-state index in [1.165, 1.54) is 17.7 Å². The third-order valence-electron chi connectivity index (χ3n) is 4.39. The third kappa shape index (κ3) is 6.07. The molecule has 0 bridgehead atoms. The number of nitrogens with two attached hydrogens (primary N) is 1. The Morgan fingerprint density at radius 1 is 1.18 bits per heavy atom. The number of benzene rings is 2. The van der Waals surface area contributed by atoms with E-state index in [-0.39, 0.29) is 12.6 Å². The number of anilines is 3. The van der Waals surface area contributed by atoms with Crippen LogP contribution in [0.2, 0.25) is 5.02 Å². The molecule has 0 saturated heterocycles. The molecule has 4 N–H and O–H groups in total. The lowest BCUT2D eigenvalue weighted by atomic mass is 10.2. The Kier molecular flexibility index (Phi) is 7.18. The van der Waals surface area contributed by atoms with Gasteiger partial charge in [-0.3, -0.25) is 5.32 Å². The van der Waals surface area contributed by atoms with Crippen LogP contribution in [-0.4, -0.2) is 33.7 Å². The zero-order valence-corrected chi connectivity index (χ0v) is 19.2. The third-order valence-corrected chi connectivity index (χ3v) is 5.44. The zero-order chi connectivity index (χ0) is 23.2. The number of rotatable bonds is 8. The molecule has 0 aliphatic rings. The van der Waals surface area contributed by atoms with Crippen molar-refractivity contribution in [2.45, 2.75) is 19.6 Å². The highest BCUT2D eigenvalue weighted by Crippen LogP contribution is 2.31. The van der Waals surface area contributed by atoms with Gasteiger partial charge in [0.2, 0.25) is 0 Å². The summed E-state index contributed by atoms with van der Waals surface area (Å²) in [4.78, 5) is 24.8. The maximum atomic E-state index is 12.0. The summed E-state index contributed by atoms with van der Waals surface area (Å²) in [7, 11) is 0. The second kappa shape index (κ2) is 10.4. The molecule has 0 saturated carbocycles. The first-order valence-electron chi connectivity index (χ1n) is 10.00. The molecule has 0 unspecified atom stereocenters. The summed E-state index contributed by atoms with van der Waals surface area (Å²) in [5.41, 5.74) is 7.58. The molecule has 0 fully saturated rings. The van der Waals surface area contributed by atoms with Crippen LogP contribution in [0.1, 0.15) is 11.9 Å². The highest BCUT2D eigenvalue weighted by Gasteiger charge is 2.10. The maximum Gasteiger partial charge on any atom is 0.411 e. The Balaban J connectivity index is 1.49. The fourth-order valence-corrected chi connectivity index (χ4v) is 3.65. The Bertz CT molecular complexity index is 1250. The van der Waals surface area contributed by atoms with E-state index in [9.17, 15) is 4.79 Å². The first-order valence-corrected chi connectivity index (χ1v) is 11.3. The number of aromatic nitrogens is 3. The largest absolute Gasteiger partial charge is 0.485 e. The van der Waals surface area contributed by atoms with Crippen molar-refractivity contribution in [2.75, 3.05) is 17.2 Å². The summed E-state index contributed by atoms with van der Waals surface area (Å²) in [6.07, 6.45) is 2.61. The highest BCUT2D eigenvalue weighted by atomic mass is 35.5. The Morgan fingerprint density at radius 3 is 2.79 bits per heavy atom. The summed E-state index contributed by atoms with van der Waals surface area (Å²) in [6, 6.07) is 10.4. The number of fused-ring (bicyclic) bond motifs is 1. The fourth-order valence-electron chi connectivity index (χ4n) is 2.89. The van der Waals surface area contributed by atoms with E-state index >= 15 is 0 Å². The van der Waals surface area contributed by atoms with Gasteiger partial charge in [0.05, 0.1) is 10.5 Å². The van der Waals surface area contributed by atoms with Crippen molar-refractivity contribution in [1.82, 2.24) is 15.0 Å². The molecule has 1 atom stereocenters. The van der Waals surface area contributed by atoms with Crippen LogP contribution in [0.4, 0.5) is 22.0 Å². The number of nitrogens with one attached hydrogen (secondary N) is 2. The smallest absolute Gasteiger partial charge is 0.411 e. The number of amides is 1. The summed E-state index contributed by atoms with van der Waals surface area (Å²) in [6.45, 7) is 2.23. The average molecular weight is 485 g/mol. The molecule has 0 spiro atoms. The maximum absolute atomic E-state index is 12.0. The van der Waals surface area contributed by atoms with Crippen molar-refractivity contribution in [3.05, 3.63) is 64.3 Å². The minimum absolute atomic E-state index is 0.125. The normalized spacial score (nSPS) is 11.7. The summed E-state index contributed by atoms with van der Waals surface area (Å²) in [5.74, 6) is 1.11. The summed E-state index contributed by atoms with van der Waals surface area (Å²) < 4.78 is 10.8. The first kappa shape index (κ1) is 22.7. The van der Waals surface area contributed by atoms with Gasteiger partial charge in [-0.25, -0.2) is 19.7 Å². The zero-order valence-electron chi connectivity index (χ0n) is 17.6. The van der Waals surface area contributed by atoms with Crippen LogP contribution in [0.3, 0.4) is 0 Å². The van der Waals surface area contributed by atoms with Crippen LogP contribution in [-0.2, 0) is 11.3 Å². The molecule has 4 rings (SSSR count). The molecule has 9 nitrogen and oxygen atoms in total. The fraction of sp³-hybridized carbons (Fsp3) is 0.182. The lowest BCUT2D eigenvalue weighted by molar-refractivity contribution is 0.156. The van der Waals surface area contributed by atoms with Gasteiger partial charge in [0, 0.05) is 34.4 Å². The quantitative estimate of drug-likeness (QED) is 0.320. The molecule has 2 heterocycles. The molecule has 4 aromatic rings. The van der Waals surface area contributed by atoms with E-state index in [2.05, 4.69) is 25.6 Å². The predicted molar refractivity (Wildman–Crippen MR) is 129 cm³/mol. The predicted octanol–water partition coefficient (Wildman–Crippen LogP) is 4.96. The number of carbonyl (C=O) groups is 1. The Morgan fingerprint density at radius 2 is 2.03 bits per heavy atom. The van der Waals surface area contributed by atoms with Crippen LogP contribution in [0.25, 0.3) is 10.9 Å². The standard InChI is InChI=1S/C22H21ClN6O3S/c1-13(24)10-32-22(30)29-14-2-4-18-16(8-14)21(27-12-26-18)28-15-3-5-19(17(23)9-15)31-11-20-25-6-7-33-20/h2-9,12-13H,10-11,24H2,1H3,(H,29,30)(H,26,27,28)/t13-/m1/s1.